The molecular weight excluding hydrogens is 536 g/mol. The molecule has 9 heteroatoms. The summed E-state index contributed by atoms with van der Waals surface area (Å²) in [6, 6.07) is 17.6. The highest BCUT2D eigenvalue weighted by Crippen LogP contribution is 2.39. The average molecular weight is 577 g/mol. The molecule has 1 amide bonds. The van der Waals surface area contributed by atoms with Crippen LogP contribution in [0.3, 0.4) is 0 Å². The number of benzene rings is 3. The summed E-state index contributed by atoms with van der Waals surface area (Å²) in [5, 5.41) is 3.99. The van der Waals surface area contributed by atoms with E-state index in [9.17, 15) is 9.59 Å². The van der Waals surface area contributed by atoms with E-state index in [1.54, 1.807) is 24.3 Å². The molecule has 224 valence electrons. The van der Waals surface area contributed by atoms with Crippen molar-refractivity contribution in [3.8, 4) is 28.7 Å². The summed E-state index contributed by atoms with van der Waals surface area (Å²) in [5.41, 5.74) is 4.73. The Kier molecular flexibility index (Phi) is 10.6. The summed E-state index contributed by atoms with van der Waals surface area (Å²) in [4.78, 5) is 25.1. The molecule has 0 atom stereocenters. The minimum atomic E-state index is -0.611. The number of hydrazone groups is 1. The largest absolute Gasteiger partial charge is 0.493 e. The molecule has 0 aromatic heterocycles. The Bertz CT molecular complexity index is 1380. The highest BCUT2D eigenvalue weighted by Gasteiger charge is 2.27. The van der Waals surface area contributed by atoms with Gasteiger partial charge in [0, 0.05) is 0 Å². The lowest BCUT2D eigenvalue weighted by Gasteiger charge is -2.33. The summed E-state index contributed by atoms with van der Waals surface area (Å²) in [7, 11) is 4.41. The number of carbonyl (C=O) groups is 2. The molecule has 42 heavy (non-hydrogen) atoms. The Morgan fingerprint density at radius 3 is 2.05 bits per heavy atom. The number of ether oxygens (including phenoxy) is 5. The molecular formula is C33H40N2O7. The lowest BCUT2D eigenvalue weighted by Crippen LogP contribution is -2.25. The highest BCUT2D eigenvalue weighted by molar-refractivity contribution is 5.93. The Hall–Kier alpha value is -4.53. The molecule has 0 heterocycles. The van der Waals surface area contributed by atoms with Gasteiger partial charge in [0.05, 0.1) is 33.1 Å². The van der Waals surface area contributed by atoms with Crippen molar-refractivity contribution in [2.45, 2.75) is 46.5 Å². The summed E-state index contributed by atoms with van der Waals surface area (Å²) in [5.74, 6) is 0.916. The van der Waals surface area contributed by atoms with Crippen molar-refractivity contribution in [3.05, 3.63) is 77.4 Å². The van der Waals surface area contributed by atoms with Crippen molar-refractivity contribution < 1.29 is 33.3 Å². The van der Waals surface area contributed by atoms with Crippen molar-refractivity contribution in [1.82, 2.24) is 5.43 Å². The molecule has 0 bridgehead atoms. The van der Waals surface area contributed by atoms with Crippen molar-refractivity contribution in [3.63, 3.8) is 0 Å². The van der Waals surface area contributed by atoms with Crippen LogP contribution in [-0.4, -0.2) is 46.0 Å². The standard InChI is InChI=1S/C33H40N2O7/c1-32(2,3)21-33(4,5)24-12-14-25(15-13-24)41-20-29(36)35-34-19-22-10-9-11-26(16-22)42-31(37)23-17-27(38-6)30(40-8)28(18-23)39-7/h9-19H,20-21H2,1-8H3,(H,35,36). The van der Waals surface area contributed by atoms with Crippen LogP contribution in [0.15, 0.2) is 65.8 Å². The van der Waals surface area contributed by atoms with Gasteiger partial charge in [0.1, 0.15) is 11.5 Å². The molecule has 0 aliphatic carbocycles. The van der Waals surface area contributed by atoms with Gasteiger partial charge in [-0.2, -0.15) is 5.10 Å². The zero-order valence-corrected chi connectivity index (χ0v) is 25.6. The number of esters is 1. The topological polar surface area (TPSA) is 105 Å². The van der Waals surface area contributed by atoms with Crippen LogP contribution in [0.2, 0.25) is 0 Å². The molecule has 3 rings (SSSR count). The monoisotopic (exact) mass is 576 g/mol. The molecule has 0 fully saturated rings. The number of hydrogen-bond donors (Lipinski definition) is 1. The van der Waals surface area contributed by atoms with Gasteiger partial charge in [-0.3, -0.25) is 4.79 Å². The van der Waals surface area contributed by atoms with Crippen LogP contribution < -0.4 is 29.1 Å². The normalized spacial score (nSPS) is 11.6. The van der Waals surface area contributed by atoms with Crippen molar-refractivity contribution in [2.24, 2.45) is 10.5 Å². The third kappa shape index (κ3) is 8.99. The molecule has 0 radical (unpaired) electrons. The van der Waals surface area contributed by atoms with Gasteiger partial charge in [-0.15, -0.1) is 0 Å². The van der Waals surface area contributed by atoms with E-state index in [0.717, 1.165) is 6.42 Å². The lowest BCUT2D eigenvalue weighted by molar-refractivity contribution is -0.123. The minimum absolute atomic E-state index is 0.0231. The van der Waals surface area contributed by atoms with Crippen LogP contribution in [0.1, 0.15) is 62.5 Å². The van der Waals surface area contributed by atoms with Gasteiger partial charge in [-0.1, -0.05) is 58.9 Å². The first kappa shape index (κ1) is 32.0. The fraction of sp³-hybridized carbons (Fsp3) is 0.364. The number of carbonyl (C=O) groups excluding carboxylic acids is 2. The maximum absolute atomic E-state index is 12.8. The van der Waals surface area contributed by atoms with Crippen LogP contribution in [0.5, 0.6) is 28.7 Å². The van der Waals surface area contributed by atoms with Crippen LogP contribution in [-0.2, 0) is 10.2 Å². The van der Waals surface area contributed by atoms with Crippen molar-refractivity contribution in [1.29, 1.82) is 0 Å². The van der Waals surface area contributed by atoms with E-state index in [-0.39, 0.29) is 23.0 Å². The van der Waals surface area contributed by atoms with Crippen LogP contribution >= 0.6 is 0 Å². The molecule has 0 aliphatic rings. The summed E-state index contributed by atoms with van der Waals surface area (Å²) >= 11 is 0. The summed E-state index contributed by atoms with van der Waals surface area (Å²) in [6.45, 7) is 11.0. The maximum Gasteiger partial charge on any atom is 0.343 e. The predicted octanol–water partition coefficient (Wildman–Crippen LogP) is 6.17. The molecule has 0 unspecified atom stereocenters. The first-order valence-electron chi connectivity index (χ1n) is 13.5. The van der Waals surface area contributed by atoms with Crippen molar-refractivity contribution >= 4 is 18.1 Å². The third-order valence-electron chi connectivity index (χ3n) is 6.35. The Balaban J connectivity index is 1.54. The van der Waals surface area contributed by atoms with Gasteiger partial charge < -0.3 is 23.7 Å². The van der Waals surface area contributed by atoms with Gasteiger partial charge in [0.15, 0.2) is 18.1 Å². The van der Waals surface area contributed by atoms with Crippen LogP contribution in [0.25, 0.3) is 0 Å². The maximum atomic E-state index is 12.8. The SMILES string of the molecule is COc1cc(C(=O)Oc2cccc(C=NNC(=O)COc3ccc(C(C)(C)CC(C)(C)C)cc3)c2)cc(OC)c1OC. The highest BCUT2D eigenvalue weighted by atomic mass is 16.5. The Morgan fingerprint density at radius 2 is 1.48 bits per heavy atom. The fourth-order valence-corrected chi connectivity index (χ4v) is 4.81. The Morgan fingerprint density at radius 1 is 0.833 bits per heavy atom. The molecule has 3 aromatic carbocycles. The molecule has 0 aliphatic heterocycles. The van der Waals surface area contributed by atoms with E-state index < -0.39 is 11.9 Å². The van der Waals surface area contributed by atoms with Gasteiger partial charge in [-0.05, 0) is 64.8 Å². The zero-order valence-electron chi connectivity index (χ0n) is 25.6. The number of nitrogens with one attached hydrogen (secondary N) is 1. The van der Waals surface area contributed by atoms with Crippen LogP contribution in [0.4, 0.5) is 0 Å². The first-order chi connectivity index (χ1) is 19.8. The van der Waals surface area contributed by atoms with E-state index in [0.29, 0.717) is 34.3 Å². The summed E-state index contributed by atoms with van der Waals surface area (Å²) < 4.78 is 27.0. The molecule has 1 N–H and O–H groups in total. The van der Waals surface area contributed by atoms with E-state index >= 15 is 0 Å². The third-order valence-corrected chi connectivity index (χ3v) is 6.35. The number of nitrogens with zero attached hydrogens (tertiary/aromatic N) is 1. The predicted molar refractivity (Wildman–Crippen MR) is 162 cm³/mol. The van der Waals surface area contributed by atoms with E-state index in [4.69, 9.17) is 23.7 Å². The molecule has 0 saturated heterocycles. The second kappa shape index (κ2) is 13.9. The minimum Gasteiger partial charge on any atom is -0.493 e. The Labute approximate surface area is 247 Å². The van der Waals surface area contributed by atoms with E-state index in [2.05, 4.69) is 45.1 Å². The number of hydrogen-bond acceptors (Lipinski definition) is 8. The molecule has 0 spiro atoms. The smallest absolute Gasteiger partial charge is 0.343 e. The second-order valence-electron chi connectivity index (χ2n) is 11.6. The molecule has 0 saturated carbocycles. The quantitative estimate of drug-likeness (QED) is 0.119. The molecule has 9 nitrogen and oxygen atoms in total. The number of amides is 1. The number of methoxy groups -OCH3 is 3. The van der Waals surface area contributed by atoms with Gasteiger partial charge in [0.2, 0.25) is 5.75 Å². The zero-order chi connectivity index (χ0) is 30.9. The van der Waals surface area contributed by atoms with Gasteiger partial charge in [-0.25, -0.2) is 10.2 Å². The first-order valence-corrected chi connectivity index (χ1v) is 13.5. The molecule has 3 aromatic rings. The van der Waals surface area contributed by atoms with E-state index in [1.165, 1.54) is 45.2 Å². The second-order valence-corrected chi connectivity index (χ2v) is 11.6. The average Bonchev–Trinajstić information content (AvgIpc) is 2.94. The lowest BCUT2D eigenvalue weighted by atomic mass is 9.72. The van der Waals surface area contributed by atoms with Crippen molar-refractivity contribution in [2.75, 3.05) is 27.9 Å². The van der Waals surface area contributed by atoms with Gasteiger partial charge in [0.25, 0.3) is 5.91 Å². The van der Waals surface area contributed by atoms with Gasteiger partial charge >= 0.3 is 5.97 Å². The number of rotatable bonds is 12. The summed E-state index contributed by atoms with van der Waals surface area (Å²) in [6.07, 6.45) is 2.49. The fourth-order valence-electron chi connectivity index (χ4n) is 4.81. The van der Waals surface area contributed by atoms with E-state index in [1.807, 2.05) is 24.3 Å². The van der Waals surface area contributed by atoms with Crippen LogP contribution in [0, 0.1) is 5.41 Å².